The molecule has 4 atom stereocenters. The summed E-state index contributed by atoms with van der Waals surface area (Å²) in [5, 5.41) is 3.67. The van der Waals surface area contributed by atoms with E-state index in [9.17, 15) is 4.79 Å². The average Bonchev–Trinajstić information content (AvgIpc) is 3.11. The predicted molar refractivity (Wildman–Crippen MR) is 81.8 cm³/mol. The third-order valence-electron chi connectivity index (χ3n) is 5.87. The van der Waals surface area contributed by atoms with Crippen molar-refractivity contribution in [2.45, 2.75) is 38.1 Å². The Morgan fingerprint density at radius 3 is 3.00 bits per heavy atom. The molecule has 3 aliphatic rings. The number of ketones is 1. The van der Waals surface area contributed by atoms with Crippen molar-refractivity contribution in [3.8, 4) is 5.75 Å². The summed E-state index contributed by atoms with van der Waals surface area (Å²) in [6.45, 7) is 1.12. The van der Waals surface area contributed by atoms with Gasteiger partial charge in [-0.3, -0.25) is 4.79 Å². The monoisotopic (exact) mass is 285 g/mol. The zero-order valence-electron chi connectivity index (χ0n) is 12.6. The SMILES string of the molecule is COc1ccc2c(c1)C(=O)C(C1NCC3CCCC31)CC2. The van der Waals surface area contributed by atoms with Gasteiger partial charge in [0.25, 0.3) is 0 Å². The van der Waals surface area contributed by atoms with E-state index < -0.39 is 0 Å². The molecule has 1 saturated heterocycles. The zero-order valence-corrected chi connectivity index (χ0v) is 12.6. The van der Waals surface area contributed by atoms with Crippen LogP contribution in [0, 0.1) is 17.8 Å². The number of aryl methyl sites for hydroxylation is 1. The number of benzene rings is 1. The lowest BCUT2D eigenvalue weighted by Gasteiger charge is -2.31. The molecular formula is C18H23NO2. The Bertz CT molecular complexity index is 568. The van der Waals surface area contributed by atoms with Gasteiger partial charge in [-0.15, -0.1) is 0 Å². The molecule has 2 fully saturated rings. The largest absolute Gasteiger partial charge is 0.497 e. The summed E-state index contributed by atoms with van der Waals surface area (Å²) in [6.07, 6.45) is 6.01. The summed E-state index contributed by atoms with van der Waals surface area (Å²) in [7, 11) is 1.66. The third kappa shape index (κ3) is 2.10. The Kier molecular flexibility index (Phi) is 3.26. The van der Waals surface area contributed by atoms with E-state index in [4.69, 9.17) is 4.74 Å². The van der Waals surface area contributed by atoms with Crippen molar-refractivity contribution >= 4 is 5.78 Å². The molecule has 21 heavy (non-hydrogen) atoms. The van der Waals surface area contributed by atoms with Crippen LogP contribution in [0.25, 0.3) is 0 Å². The smallest absolute Gasteiger partial charge is 0.167 e. The number of ether oxygens (including phenoxy) is 1. The van der Waals surface area contributed by atoms with E-state index in [0.717, 1.165) is 42.5 Å². The van der Waals surface area contributed by atoms with Crippen LogP contribution in [-0.2, 0) is 6.42 Å². The van der Waals surface area contributed by atoms with Gasteiger partial charge in [0.05, 0.1) is 7.11 Å². The second-order valence-corrected chi connectivity index (χ2v) is 6.82. The predicted octanol–water partition coefficient (Wildman–Crippen LogP) is 2.83. The average molecular weight is 285 g/mol. The van der Waals surface area contributed by atoms with Crippen molar-refractivity contribution in [2.75, 3.05) is 13.7 Å². The van der Waals surface area contributed by atoms with Crippen LogP contribution < -0.4 is 10.1 Å². The summed E-state index contributed by atoms with van der Waals surface area (Å²) >= 11 is 0. The minimum absolute atomic E-state index is 0.165. The summed E-state index contributed by atoms with van der Waals surface area (Å²) in [5.74, 6) is 2.83. The summed E-state index contributed by atoms with van der Waals surface area (Å²) in [5.41, 5.74) is 2.09. The molecule has 3 nitrogen and oxygen atoms in total. The minimum atomic E-state index is 0.165. The molecule has 2 aliphatic carbocycles. The Labute approximate surface area is 126 Å². The molecule has 112 valence electrons. The van der Waals surface area contributed by atoms with E-state index in [1.807, 2.05) is 12.1 Å². The highest BCUT2D eigenvalue weighted by Crippen LogP contribution is 2.43. The number of rotatable bonds is 2. The van der Waals surface area contributed by atoms with Crippen LogP contribution in [0.3, 0.4) is 0 Å². The molecule has 0 aromatic heterocycles. The second kappa shape index (κ2) is 5.13. The zero-order chi connectivity index (χ0) is 14.4. The van der Waals surface area contributed by atoms with Gasteiger partial charge in [-0.25, -0.2) is 0 Å². The maximum atomic E-state index is 13.0. The first kappa shape index (κ1) is 13.3. The van der Waals surface area contributed by atoms with Gasteiger partial charge in [-0.05, 0) is 61.8 Å². The van der Waals surface area contributed by atoms with E-state index in [0.29, 0.717) is 11.8 Å². The van der Waals surface area contributed by atoms with Gasteiger partial charge < -0.3 is 10.1 Å². The van der Waals surface area contributed by atoms with E-state index in [1.165, 1.54) is 24.8 Å². The van der Waals surface area contributed by atoms with Gasteiger partial charge >= 0.3 is 0 Å². The Balaban J connectivity index is 1.62. The fourth-order valence-electron chi connectivity index (χ4n) is 4.79. The van der Waals surface area contributed by atoms with Crippen LogP contribution in [0.4, 0.5) is 0 Å². The lowest BCUT2D eigenvalue weighted by atomic mass is 9.75. The first-order valence-electron chi connectivity index (χ1n) is 8.22. The fourth-order valence-corrected chi connectivity index (χ4v) is 4.79. The van der Waals surface area contributed by atoms with Crippen LogP contribution in [0.15, 0.2) is 18.2 Å². The molecule has 1 aromatic carbocycles. The number of hydrogen-bond acceptors (Lipinski definition) is 3. The molecule has 4 unspecified atom stereocenters. The van der Waals surface area contributed by atoms with E-state index in [2.05, 4.69) is 11.4 Å². The number of nitrogens with one attached hydrogen (secondary N) is 1. The van der Waals surface area contributed by atoms with Crippen LogP contribution in [0.5, 0.6) is 5.75 Å². The molecule has 1 saturated carbocycles. The number of methoxy groups -OCH3 is 1. The number of hydrogen-bond donors (Lipinski definition) is 1. The standard InChI is InChI=1S/C18H23NO2/c1-21-13-7-5-11-6-8-15(18(20)16(11)9-13)17-14-4-2-3-12(14)10-19-17/h5,7,9,12,14-15,17,19H,2-4,6,8,10H2,1H3. The molecule has 0 spiro atoms. The molecule has 0 amide bonds. The molecule has 1 N–H and O–H groups in total. The van der Waals surface area contributed by atoms with Gasteiger partial charge in [0.15, 0.2) is 5.78 Å². The van der Waals surface area contributed by atoms with Gasteiger partial charge in [0.2, 0.25) is 0 Å². The van der Waals surface area contributed by atoms with Crippen LogP contribution in [0.2, 0.25) is 0 Å². The molecule has 1 aromatic rings. The normalized spacial score (nSPS) is 34.6. The molecule has 1 heterocycles. The van der Waals surface area contributed by atoms with Crippen molar-refractivity contribution in [3.05, 3.63) is 29.3 Å². The van der Waals surface area contributed by atoms with Crippen LogP contribution in [0.1, 0.15) is 41.6 Å². The van der Waals surface area contributed by atoms with Crippen molar-refractivity contribution in [3.63, 3.8) is 0 Å². The lowest BCUT2D eigenvalue weighted by molar-refractivity contribution is 0.0853. The van der Waals surface area contributed by atoms with Gasteiger partial charge in [-0.2, -0.15) is 0 Å². The summed E-state index contributed by atoms with van der Waals surface area (Å²) in [6, 6.07) is 6.37. The molecule has 4 rings (SSSR count). The summed E-state index contributed by atoms with van der Waals surface area (Å²) in [4.78, 5) is 13.0. The molecular weight excluding hydrogens is 262 g/mol. The highest BCUT2D eigenvalue weighted by molar-refractivity contribution is 6.01. The Morgan fingerprint density at radius 2 is 2.14 bits per heavy atom. The highest BCUT2D eigenvalue weighted by Gasteiger charge is 2.45. The van der Waals surface area contributed by atoms with Crippen molar-refractivity contribution in [1.82, 2.24) is 5.32 Å². The quantitative estimate of drug-likeness (QED) is 0.908. The second-order valence-electron chi connectivity index (χ2n) is 6.82. The van der Waals surface area contributed by atoms with Gasteiger partial charge in [0.1, 0.15) is 5.75 Å². The Hall–Kier alpha value is -1.35. The minimum Gasteiger partial charge on any atom is -0.497 e. The number of fused-ring (bicyclic) bond motifs is 2. The maximum absolute atomic E-state index is 13.0. The fraction of sp³-hybridized carbons (Fsp3) is 0.611. The molecule has 1 aliphatic heterocycles. The molecule has 0 radical (unpaired) electrons. The number of carbonyl (C=O) groups excluding carboxylic acids is 1. The van der Waals surface area contributed by atoms with Crippen LogP contribution >= 0.6 is 0 Å². The van der Waals surface area contributed by atoms with Gasteiger partial charge in [-0.1, -0.05) is 12.5 Å². The number of carbonyl (C=O) groups is 1. The van der Waals surface area contributed by atoms with E-state index in [-0.39, 0.29) is 5.92 Å². The first-order chi connectivity index (χ1) is 10.3. The topological polar surface area (TPSA) is 38.3 Å². The van der Waals surface area contributed by atoms with Gasteiger partial charge in [0, 0.05) is 17.5 Å². The summed E-state index contributed by atoms with van der Waals surface area (Å²) < 4.78 is 5.29. The third-order valence-corrected chi connectivity index (χ3v) is 5.87. The van der Waals surface area contributed by atoms with Crippen molar-refractivity contribution < 1.29 is 9.53 Å². The van der Waals surface area contributed by atoms with Crippen LogP contribution in [-0.4, -0.2) is 25.5 Å². The van der Waals surface area contributed by atoms with Crippen molar-refractivity contribution in [2.24, 2.45) is 17.8 Å². The molecule has 3 heteroatoms. The first-order valence-corrected chi connectivity index (χ1v) is 8.22. The van der Waals surface area contributed by atoms with Crippen molar-refractivity contribution in [1.29, 1.82) is 0 Å². The highest BCUT2D eigenvalue weighted by atomic mass is 16.5. The van der Waals surface area contributed by atoms with E-state index in [1.54, 1.807) is 7.11 Å². The maximum Gasteiger partial charge on any atom is 0.167 e. The Morgan fingerprint density at radius 1 is 1.24 bits per heavy atom. The lowest BCUT2D eigenvalue weighted by Crippen LogP contribution is -2.41. The number of Topliss-reactive ketones (excluding diaryl/α,β-unsaturated/α-hetero) is 1. The van der Waals surface area contributed by atoms with E-state index >= 15 is 0 Å². The molecule has 0 bridgehead atoms.